The van der Waals surface area contributed by atoms with Gasteiger partial charge in [-0.1, -0.05) is 18.2 Å². The average Bonchev–Trinajstić information content (AvgIpc) is 3.14. The Labute approximate surface area is 202 Å². The average molecular weight is 483 g/mol. The topological polar surface area (TPSA) is 88.5 Å². The molecule has 9 heteroatoms. The summed E-state index contributed by atoms with van der Waals surface area (Å²) >= 11 is 0. The zero-order valence-electron chi connectivity index (χ0n) is 19.2. The number of aliphatic hydroxyl groups excluding tert-OH is 1. The van der Waals surface area contributed by atoms with Crippen molar-refractivity contribution in [2.75, 3.05) is 52.6 Å². The van der Waals surface area contributed by atoms with Crippen molar-refractivity contribution in [3.8, 4) is 11.5 Å². The summed E-state index contributed by atoms with van der Waals surface area (Å²) in [6.45, 7) is 4.68. The second-order valence-corrected chi connectivity index (χ2v) is 8.68. The number of rotatable bonds is 6. The van der Waals surface area contributed by atoms with Crippen LogP contribution in [0.3, 0.4) is 0 Å². The highest BCUT2D eigenvalue weighted by atomic mass is 19.1. The Bertz CT molecular complexity index is 1160. The van der Waals surface area contributed by atoms with E-state index in [2.05, 4.69) is 4.90 Å². The molecule has 1 unspecified atom stereocenters. The highest BCUT2D eigenvalue weighted by Gasteiger charge is 2.46. The molecule has 2 fully saturated rings. The number of nitrogens with zero attached hydrogens (tertiary/aromatic N) is 2. The van der Waals surface area contributed by atoms with Crippen molar-refractivity contribution in [3.05, 3.63) is 65.0 Å². The second kappa shape index (κ2) is 10.1. The van der Waals surface area contributed by atoms with Gasteiger partial charge < -0.3 is 24.2 Å². The third-order valence-electron chi connectivity index (χ3n) is 6.53. The van der Waals surface area contributed by atoms with Crippen molar-refractivity contribution in [3.63, 3.8) is 0 Å². The Morgan fingerprint density at radius 2 is 1.71 bits per heavy atom. The molecule has 3 aliphatic rings. The molecule has 5 rings (SSSR count). The number of amides is 1. The summed E-state index contributed by atoms with van der Waals surface area (Å²) in [7, 11) is 0. The van der Waals surface area contributed by atoms with E-state index in [4.69, 9.17) is 14.2 Å². The van der Waals surface area contributed by atoms with Crippen LogP contribution in [0.5, 0.6) is 11.5 Å². The third-order valence-corrected chi connectivity index (χ3v) is 6.53. The lowest BCUT2D eigenvalue weighted by molar-refractivity contribution is -0.140. The molecule has 184 valence electrons. The number of ketones is 1. The molecular weight excluding hydrogens is 455 g/mol. The Kier molecular flexibility index (Phi) is 6.70. The van der Waals surface area contributed by atoms with E-state index in [0.29, 0.717) is 49.9 Å². The maximum absolute atomic E-state index is 14.9. The third kappa shape index (κ3) is 4.61. The van der Waals surface area contributed by atoms with Crippen LogP contribution in [0.1, 0.15) is 23.6 Å². The summed E-state index contributed by atoms with van der Waals surface area (Å²) in [4.78, 5) is 29.9. The van der Waals surface area contributed by atoms with Crippen molar-refractivity contribution in [1.29, 1.82) is 0 Å². The molecule has 0 radical (unpaired) electrons. The molecule has 1 atom stereocenters. The van der Waals surface area contributed by atoms with Gasteiger partial charge in [0.25, 0.3) is 11.7 Å². The summed E-state index contributed by atoms with van der Waals surface area (Å²) in [6, 6.07) is 9.78. The van der Waals surface area contributed by atoms with Crippen molar-refractivity contribution >= 4 is 17.4 Å². The lowest BCUT2D eigenvalue weighted by Gasteiger charge is -2.29. The number of benzene rings is 2. The lowest BCUT2D eigenvalue weighted by atomic mass is 9.94. The van der Waals surface area contributed by atoms with Gasteiger partial charge in [-0.15, -0.1) is 0 Å². The number of hydrogen-bond donors (Lipinski definition) is 1. The number of halogens is 1. The van der Waals surface area contributed by atoms with Gasteiger partial charge in [0.05, 0.1) is 24.8 Å². The van der Waals surface area contributed by atoms with E-state index in [-0.39, 0.29) is 23.4 Å². The number of aliphatic hydroxyl groups is 1. The van der Waals surface area contributed by atoms with Crippen LogP contribution in [0, 0.1) is 5.82 Å². The molecule has 0 saturated carbocycles. The van der Waals surface area contributed by atoms with E-state index in [1.807, 2.05) is 0 Å². The largest absolute Gasteiger partial charge is 0.507 e. The zero-order valence-corrected chi connectivity index (χ0v) is 19.2. The first-order chi connectivity index (χ1) is 17.0. The minimum Gasteiger partial charge on any atom is -0.507 e. The number of fused-ring (bicyclic) bond motifs is 1. The molecule has 3 aliphatic heterocycles. The second-order valence-electron chi connectivity index (χ2n) is 8.68. The Morgan fingerprint density at radius 3 is 2.49 bits per heavy atom. The minimum absolute atomic E-state index is 0.136. The van der Waals surface area contributed by atoms with Crippen molar-refractivity contribution in [1.82, 2.24) is 9.80 Å². The molecule has 0 spiro atoms. The smallest absolute Gasteiger partial charge is 0.295 e. The fourth-order valence-electron chi connectivity index (χ4n) is 4.77. The molecule has 2 aromatic rings. The molecule has 0 aliphatic carbocycles. The SMILES string of the molecule is O=C1C(=O)N(CCCN2CCOCC2)C(c2ccccc2F)/C1=C(\O)c1ccc2c(c1)OCCO2. The van der Waals surface area contributed by atoms with E-state index in [1.54, 1.807) is 30.3 Å². The number of carbonyl (C=O) groups excluding carboxylic acids is 2. The first-order valence-corrected chi connectivity index (χ1v) is 11.8. The first kappa shape index (κ1) is 23.3. The van der Waals surface area contributed by atoms with E-state index in [0.717, 1.165) is 19.6 Å². The maximum Gasteiger partial charge on any atom is 0.295 e. The van der Waals surface area contributed by atoms with Gasteiger partial charge in [0.2, 0.25) is 0 Å². The van der Waals surface area contributed by atoms with E-state index in [9.17, 15) is 19.1 Å². The fourth-order valence-corrected chi connectivity index (χ4v) is 4.77. The normalized spacial score (nSPS) is 22.0. The summed E-state index contributed by atoms with van der Waals surface area (Å²) in [5, 5.41) is 11.2. The van der Waals surface area contributed by atoms with Gasteiger partial charge in [-0.3, -0.25) is 14.5 Å². The quantitative estimate of drug-likeness (QED) is 0.385. The van der Waals surface area contributed by atoms with E-state index < -0.39 is 23.5 Å². The molecule has 1 N–H and O–H groups in total. The number of carbonyl (C=O) groups is 2. The summed E-state index contributed by atoms with van der Waals surface area (Å²) < 4.78 is 31.4. The Morgan fingerprint density at radius 1 is 0.971 bits per heavy atom. The number of Topliss-reactive ketones (excluding diaryl/α,β-unsaturated/α-hetero) is 1. The van der Waals surface area contributed by atoms with Crippen LogP contribution in [0.25, 0.3) is 5.76 Å². The van der Waals surface area contributed by atoms with Crippen LogP contribution in [0.4, 0.5) is 4.39 Å². The number of likely N-dealkylation sites (tertiary alicyclic amines) is 1. The van der Waals surface area contributed by atoms with Crippen LogP contribution in [-0.2, 0) is 14.3 Å². The van der Waals surface area contributed by atoms with Crippen LogP contribution < -0.4 is 9.47 Å². The zero-order chi connectivity index (χ0) is 24.4. The van der Waals surface area contributed by atoms with Gasteiger partial charge in [-0.25, -0.2) is 4.39 Å². The van der Waals surface area contributed by atoms with Crippen LogP contribution in [-0.4, -0.2) is 79.2 Å². The summed E-state index contributed by atoms with van der Waals surface area (Å²) in [5.41, 5.74) is 0.322. The predicted octanol–water partition coefficient (Wildman–Crippen LogP) is 2.74. The molecular formula is C26H27FN2O6. The molecule has 3 heterocycles. The molecule has 35 heavy (non-hydrogen) atoms. The van der Waals surface area contributed by atoms with Crippen molar-refractivity contribution < 1.29 is 33.3 Å². The molecule has 1 amide bonds. The van der Waals surface area contributed by atoms with Crippen LogP contribution >= 0.6 is 0 Å². The molecule has 0 aromatic heterocycles. The van der Waals surface area contributed by atoms with E-state index >= 15 is 0 Å². The molecule has 2 aromatic carbocycles. The van der Waals surface area contributed by atoms with Crippen LogP contribution in [0.15, 0.2) is 48.0 Å². The summed E-state index contributed by atoms with van der Waals surface area (Å²) in [5.74, 6) is -1.55. The lowest BCUT2D eigenvalue weighted by Crippen LogP contribution is -2.39. The number of hydrogen-bond acceptors (Lipinski definition) is 7. The minimum atomic E-state index is -1.03. The monoisotopic (exact) mass is 482 g/mol. The van der Waals surface area contributed by atoms with Crippen LogP contribution in [0.2, 0.25) is 0 Å². The Hall–Kier alpha value is -3.43. The number of morpholine rings is 1. The standard InChI is InChI=1S/C26H27FN2O6/c27-19-5-2-1-4-18(19)23-22(24(30)17-6-7-20-21(16-17)35-15-14-34-20)25(31)26(32)29(23)9-3-8-28-10-12-33-13-11-28/h1-2,4-7,16,23,30H,3,8-15H2/b24-22+. The molecule has 2 saturated heterocycles. The fraction of sp³-hybridized carbons (Fsp3) is 0.385. The van der Waals surface area contributed by atoms with Crippen molar-refractivity contribution in [2.45, 2.75) is 12.5 Å². The highest BCUT2D eigenvalue weighted by Crippen LogP contribution is 2.41. The van der Waals surface area contributed by atoms with Gasteiger partial charge in [0.15, 0.2) is 11.5 Å². The van der Waals surface area contributed by atoms with Gasteiger partial charge in [-0.05, 0) is 30.7 Å². The highest BCUT2D eigenvalue weighted by molar-refractivity contribution is 6.46. The van der Waals surface area contributed by atoms with E-state index in [1.165, 1.54) is 17.0 Å². The maximum atomic E-state index is 14.9. The van der Waals surface area contributed by atoms with Gasteiger partial charge in [0.1, 0.15) is 24.8 Å². The predicted molar refractivity (Wildman–Crippen MR) is 125 cm³/mol. The van der Waals surface area contributed by atoms with Gasteiger partial charge in [-0.2, -0.15) is 0 Å². The summed E-state index contributed by atoms with van der Waals surface area (Å²) in [6.07, 6.45) is 0.599. The first-order valence-electron chi connectivity index (χ1n) is 11.8. The van der Waals surface area contributed by atoms with Crippen molar-refractivity contribution in [2.24, 2.45) is 0 Å². The molecule has 8 nitrogen and oxygen atoms in total. The van der Waals surface area contributed by atoms with Gasteiger partial charge in [0, 0.05) is 37.3 Å². The van der Waals surface area contributed by atoms with Gasteiger partial charge >= 0.3 is 0 Å². The Balaban J connectivity index is 1.49. The molecule has 0 bridgehead atoms. The number of ether oxygens (including phenoxy) is 3.